The summed E-state index contributed by atoms with van der Waals surface area (Å²) in [4.78, 5) is 19.0. The van der Waals surface area contributed by atoms with E-state index in [1.54, 1.807) is 24.3 Å². The van der Waals surface area contributed by atoms with Gasteiger partial charge in [-0.25, -0.2) is 14.8 Å². The third-order valence-electron chi connectivity index (χ3n) is 2.47. The average molecular weight is 307 g/mol. The lowest BCUT2D eigenvalue weighted by Gasteiger charge is -2.10. The molecular formula is C14H11ClN2O4. The van der Waals surface area contributed by atoms with Crippen LogP contribution in [0.1, 0.15) is 5.56 Å². The number of carbonyl (C=O) groups is 1. The Hall–Kier alpha value is -2.60. The molecule has 0 fully saturated rings. The van der Waals surface area contributed by atoms with Crippen molar-refractivity contribution < 1.29 is 19.4 Å². The van der Waals surface area contributed by atoms with E-state index in [1.807, 2.05) is 0 Å². The van der Waals surface area contributed by atoms with Gasteiger partial charge in [-0.1, -0.05) is 29.8 Å². The second kappa shape index (κ2) is 6.71. The van der Waals surface area contributed by atoms with Crippen molar-refractivity contribution in [3.63, 3.8) is 0 Å². The van der Waals surface area contributed by atoms with Gasteiger partial charge in [-0.05, 0) is 6.07 Å². The molecule has 1 N–H and O–H groups in total. The quantitative estimate of drug-likeness (QED) is 0.519. The third-order valence-corrected chi connectivity index (χ3v) is 2.67. The number of nitrogens with zero attached hydrogens (tertiary/aromatic N) is 2. The van der Waals surface area contributed by atoms with Gasteiger partial charge in [0.15, 0.2) is 0 Å². The van der Waals surface area contributed by atoms with E-state index in [1.165, 1.54) is 19.5 Å². The largest absolute Gasteiger partial charge is 0.503 e. The Bertz CT molecular complexity index is 688. The Balaban J connectivity index is 2.41. The maximum Gasteiger partial charge on any atom is 0.339 e. The van der Waals surface area contributed by atoms with Gasteiger partial charge in [-0.3, -0.25) is 0 Å². The predicted octanol–water partition coefficient (Wildman–Crippen LogP) is 2.99. The first-order valence-corrected chi connectivity index (χ1v) is 6.20. The molecule has 0 spiro atoms. The standard InChI is InChI=1S/C14H11ClN2O4/c1-20-7-10(14(18)19)9-4-2-3-5-11(9)21-13-6-12(15)16-8-17-13/h2-8H,1H3,(H,18,19). The normalized spacial score (nSPS) is 11.0. The summed E-state index contributed by atoms with van der Waals surface area (Å²) >= 11 is 5.76. The Kier molecular flexibility index (Phi) is 4.73. The van der Waals surface area contributed by atoms with E-state index < -0.39 is 5.97 Å². The van der Waals surface area contributed by atoms with Gasteiger partial charge in [0.25, 0.3) is 0 Å². The smallest absolute Gasteiger partial charge is 0.339 e. The van der Waals surface area contributed by atoms with Gasteiger partial charge in [0, 0.05) is 11.6 Å². The summed E-state index contributed by atoms with van der Waals surface area (Å²) in [5, 5.41) is 9.47. The summed E-state index contributed by atoms with van der Waals surface area (Å²) < 4.78 is 10.4. The second-order valence-corrected chi connectivity index (χ2v) is 4.24. The molecule has 0 amide bonds. The van der Waals surface area contributed by atoms with E-state index in [9.17, 15) is 9.90 Å². The molecule has 108 valence electrons. The molecule has 0 bridgehead atoms. The number of rotatable bonds is 5. The van der Waals surface area contributed by atoms with E-state index in [0.29, 0.717) is 11.3 Å². The van der Waals surface area contributed by atoms with E-state index >= 15 is 0 Å². The molecule has 1 aromatic carbocycles. The zero-order valence-corrected chi connectivity index (χ0v) is 11.7. The molecule has 1 aromatic heterocycles. The minimum Gasteiger partial charge on any atom is -0.503 e. The van der Waals surface area contributed by atoms with Crippen LogP contribution in [0, 0.1) is 0 Å². The first-order valence-electron chi connectivity index (χ1n) is 5.83. The molecule has 0 radical (unpaired) electrons. The van der Waals surface area contributed by atoms with Crippen LogP contribution in [0.25, 0.3) is 5.57 Å². The number of carboxylic acid groups (broad SMARTS) is 1. The molecule has 0 saturated carbocycles. The van der Waals surface area contributed by atoms with Crippen molar-refractivity contribution in [2.24, 2.45) is 0 Å². The number of methoxy groups -OCH3 is 1. The molecule has 0 aliphatic rings. The maximum absolute atomic E-state index is 11.3. The van der Waals surface area contributed by atoms with Gasteiger partial charge in [-0.2, -0.15) is 0 Å². The molecule has 2 rings (SSSR count). The lowest BCUT2D eigenvalue weighted by atomic mass is 10.1. The fraction of sp³-hybridized carbons (Fsp3) is 0.0714. The minimum absolute atomic E-state index is 0.0340. The van der Waals surface area contributed by atoms with Crippen LogP contribution in [0.2, 0.25) is 5.15 Å². The van der Waals surface area contributed by atoms with Crippen molar-refractivity contribution in [1.82, 2.24) is 9.97 Å². The van der Waals surface area contributed by atoms with Gasteiger partial charge in [-0.15, -0.1) is 0 Å². The van der Waals surface area contributed by atoms with E-state index in [2.05, 4.69) is 9.97 Å². The van der Waals surface area contributed by atoms with Crippen LogP contribution < -0.4 is 4.74 Å². The Labute approximate surface area is 125 Å². The number of benzene rings is 1. The fourth-order valence-electron chi connectivity index (χ4n) is 1.61. The Morgan fingerprint density at radius 1 is 1.33 bits per heavy atom. The van der Waals surface area contributed by atoms with Crippen LogP contribution in [0.5, 0.6) is 11.6 Å². The van der Waals surface area contributed by atoms with Gasteiger partial charge in [0.1, 0.15) is 22.8 Å². The molecule has 1 heterocycles. The van der Waals surface area contributed by atoms with Crippen LogP contribution in [-0.2, 0) is 9.53 Å². The molecule has 0 aliphatic carbocycles. The highest BCUT2D eigenvalue weighted by Crippen LogP contribution is 2.30. The van der Waals surface area contributed by atoms with Crippen molar-refractivity contribution in [2.45, 2.75) is 0 Å². The maximum atomic E-state index is 11.3. The van der Waals surface area contributed by atoms with Crippen molar-refractivity contribution in [1.29, 1.82) is 0 Å². The first-order chi connectivity index (χ1) is 10.1. The average Bonchev–Trinajstić information content (AvgIpc) is 2.45. The van der Waals surface area contributed by atoms with Gasteiger partial charge >= 0.3 is 5.97 Å². The Morgan fingerprint density at radius 2 is 2.10 bits per heavy atom. The number of carboxylic acids is 1. The van der Waals surface area contributed by atoms with Crippen molar-refractivity contribution in [2.75, 3.05) is 7.11 Å². The van der Waals surface area contributed by atoms with Crippen molar-refractivity contribution in [3.05, 3.63) is 53.6 Å². The number of hydrogen-bond acceptors (Lipinski definition) is 5. The zero-order valence-electron chi connectivity index (χ0n) is 11.0. The van der Waals surface area contributed by atoms with Crippen LogP contribution in [0.4, 0.5) is 0 Å². The van der Waals surface area contributed by atoms with E-state index in [-0.39, 0.29) is 16.6 Å². The molecule has 2 aromatic rings. The van der Waals surface area contributed by atoms with Crippen molar-refractivity contribution in [3.8, 4) is 11.6 Å². The van der Waals surface area contributed by atoms with Crippen LogP contribution in [-0.4, -0.2) is 28.2 Å². The molecule has 0 atom stereocenters. The van der Waals surface area contributed by atoms with Crippen LogP contribution in [0.3, 0.4) is 0 Å². The summed E-state index contributed by atoms with van der Waals surface area (Å²) in [5.41, 5.74) is 0.329. The highest BCUT2D eigenvalue weighted by molar-refractivity contribution is 6.29. The summed E-state index contributed by atoms with van der Waals surface area (Å²) in [6.45, 7) is 0. The molecule has 7 heteroatoms. The predicted molar refractivity (Wildman–Crippen MR) is 76.2 cm³/mol. The number of para-hydroxylation sites is 1. The number of aromatic nitrogens is 2. The monoisotopic (exact) mass is 306 g/mol. The summed E-state index contributed by atoms with van der Waals surface area (Å²) in [7, 11) is 1.37. The molecule has 0 saturated heterocycles. The lowest BCUT2D eigenvalue weighted by Crippen LogP contribution is -2.02. The summed E-state index contributed by atoms with van der Waals surface area (Å²) in [6.07, 6.45) is 2.39. The highest BCUT2D eigenvalue weighted by Gasteiger charge is 2.16. The SMILES string of the molecule is COC=C(C(=O)O)c1ccccc1Oc1cc(Cl)ncn1. The van der Waals surface area contributed by atoms with Gasteiger partial charge in [0.2, 0.25) is 5.88 Å². The fourth-order valence-corrected chi connectivity index (χ4v) is 1.75. The molecular weight excluding hydrogens is 296 g/mol. The lowest BCUT2D eigenvalue weighted by molar-refractivity contribution is -0.130. The first kappa shape index (κ1) is 14.8. The van der Waals surface area contributed by atoms with Crippen molar-refractivity contribution >= 4 is 23.1 Å². The van der Waals surface area contributed by atoms with E-state index in [4.69, 9.17) is 21.1 Å². The molecule has 6 nitrogen and oxygen atoms in total. The molecule has 0 aliphatic heterocycles. The van der Waals surface area contributed by atoms with Gasteiger partial charge < -0.3 is 14.6 Å². The number of aliphatic carboxylic acids is 1. The third kappa shape index (κ3) is 3.70. The highest BCUT2D eigenvalue weighted by atomic mass is 35.5. The van der Waals surface area contributed by atoms with E-state index in [0.717, 1.165) is 6.26 Å². The number of halogens is 1. The number of hydrogen-bond donors (Lipinski definition) is 1. The molecule has 0 unspecified atom stereocenters. The van der Waals surface area contributed by atoms with Crippen LogP contribution >= 0.6 is 11.6 Å². The summed E-state index contributed by atoms with van der Waals surface area (Å²) in [5.74, 6) is -0.601. The topological polar surface area (TPSA) is 81.5 Å². The minimum atomic E-state index is -1.13. The number of ether oxygens (including phenoxy) is 2. The summed E-state index contributed by atoms with van der Waals surface area (Å²) in [6, 6.07) is 8.07. The Morgan fingerprint density at radius 3 is 2.76 bits per heavy atom. The molecule has 21 heavy (non-hydrogen) atoms. The zero-order chi connectivity index (χ0) is 15.2. The second-order valence-electron chi connectivity index (χ2n) is 3.85. The van der Waals surface area contributed by atoms with Crippen LogP contribution in [0.15, 0.2) is 42.9 Å². The van der Waals surface area contributed by atoms with Gasteiger partial charge in [0.05, 0.1) is 13.4 Å².